The summed E-state index contributed by atoms with van der Waals surface area (Å²) in [5, 5.41) is 7.38. The van der Waals surface area contributed by atoms with E-state index in [-0.39, 0.29) is 6.17 Å². The van der Waals surface area contributed by atoms with Crippen LogP contribution in [0.3, 0.4) is 0 Å². The quantitative estimate of drug-likeness (QED) is 0.694. The number of nitrogens with zero attached hydrogens (tertiary/aromatic N) is 2. The standard InChI is InChI=1S/C19H24ClN3OS/c1-4-5-14-10-13(2)17(16(20)11-14)24-8-7-21-18-15-6-9-25-19(15)22-12-23(18)3/h6,9-12,18,21H,4-5,7-8H2,1-3H3. The maximum absolute atomic E-state index is 6.40. The summed E-state index contributed by atoms with van der Waals surface area (Å²) >= 11 is 8.07. The Labute approximate surface area is 158 Å². The molecule has 134 valence electrons. The summed E-state index contributed by atoms with van der Waals surface area (Å²) in [6.07, 6.45) is 4.15. The van der Waals surface area contributed by atoms with Gasteiger partial charge < -0.3 is 9.64 Å². The van der Waals surface area contributed by atoms with E-state index >= 15 is 0 Å². The monoisotopic (exact) mass is 377 g/mol. The second kappa shape index (κ2) is 8.21. The van der Waals surface area contributed by atoms with Crippen molar-refractivity contribution in [2.45, 2.75) is 32.9 Å². The molecule has 0 aliphatic carbocycles. The Morgan fingerprint density at radius 3 is 3.00 bits per heavy atom. The van der Waals surface area contributed by atoms with E-state index in [4.69, 9.17) is 16.3 Å². The zero-order valence-electron chi connectivity index (χ0n) is 14.9. The minimum Gasteiger partial charge on any atom is -0.490 e. The van der Waals surface area contributed by atoms with Crippen LogP contribution >= 0.6 is 22.9 Å². The lowest BCUT2D eigenvalue weighted by atomic mass is 10.1. The number of hydrogen-bond acceptors (Lipinski definition) is 5. The SMILES string of the molecule is CCCc1cc(C)c(OCCNC2c3ccsc3N=CN2C)c(Cl)c1. The minimum absolute atomic E-state index is 0.130. The van der Waals surface area contributed by atoms with Crippen LogP contribution in [0.5, 0.6) is 5.75 Å². The van der Waals surface area contributed by atoms with Gasteiger partial charge >= 0.3 is 0 Å². The van der Waals surface area contributed by atoms with Gasteiger partial charge in [-0.25, -0.2) is 4.99 Å². The largest absolute Gasteiger partial charge is 0.490 e. The number of halogens is 1. The number of benzene rings is 1. The maximum Gasteiger partial charge on any atom is 0.140 e. The molecule has 1 atom stereocenters. The van der Waals surface area contributed by atoms with Crippen LogP contribution < -0.4 is 10.1 Å². The lowest BCUT2D eigenvalue weighted by Gasteiger charge is -2.30. The molecular weight excluding hydrogens is 354 g/mol. The summed E-state index contributed by atoms with van der Waals surface area (Å²) in [6, 6.07) is 6.31. The van der Waals surface area contributed by atoms with E-state index in [2.05, 4.69) is 46.6 Å². The van der Waals surface area contributed by atoms with Crippen molar-refractivity contribution in [2.75, 3.05) is 20.2 Å². The van der Waals surface area contributed by atoms with Gasteiger partial charge in [0.15, 0.2) is 0 Å². The number of rotatable bonds is 7. The van der Waals surface area contributed by atoms with Gasteiger partial charge in [-0.05, 0) is 42.0 Å². The number of ether oxygens (including phenoxy) is 1. The van der Waals surface area contributed by atoms with E-state index in [1.807, 2.05) is 19.5 Å². The predicted molar refractivity (Wildman–Crippen MR) is 107 cm³/mol. The van der Waals surface area contributed by atoms with Gasteiger partial charge in [0.1, 0.15) is 23.5 Å². The molecule has 1 unspecified atom stereocenters. The lowest BCUT2D eigenvalue weighted by Crippen LogP contribution is -2.38. The van der Waals surface area contributed by atoms with Gasteiger partial charge in [-0.2, -0.15) is 0 Å². The van der Waals surface area contributed by atoms with E-state index in [1.165, 1.54) is 11.1 Å². The van der Waals surface area contributed by atoms with E-state index in [0.717, 1.165) is 35.7 Å². The van der Waals surface area contributed by atoms with Crippen molar-refractivity contribution in [3.63, 3.8) is 0 Å². The summed E-state index contributed by atoms with van der Waals surface area (Å²) in [6.45, 7) is 5.52. The molecule has 0 radical (unpaired) electrons. The molecule has 4 nitrogen and oxygen atoms in total. The Hall–Kier alpha value is -1.56. The average molecular weight is 378 g/mol. The number of fused-ring (bicyclic) bond motifs is 1. The Balaban J connectivity index is 1.56. The first-order valence-electron chi connectivity index (χ1n) is 8.59. The van der Waals surface area contributed by atoms with Crippen molar-refractivity contribution >= 4 is 34.3 Å². The van der Waals surface area contributed by atoms with Crippen LogP contribution in [0.4, 0.5) is 5.00 Å². The minimum atomic E-state index is 0.130. The number of nitrogens with one attached hydrogen (secondary N) is 1. The van der Waals surface area contributed by atoms with Gasteiger partial charge in [-0.1, -0.05) is 31.0 Å². The van der Waals surface area contributed by atoms with Crippen LogP contribution in [0.25, 0.3) is 0 Å². The molecule has 0 bridgehead atoms. The van der Waals surface area contributed by atoms with Crippen molar-refractivity contribution in [2.24, 2.45) is 4.99 Å². The van der Waals surface area contributed by atoms with Crippen molar-refractivity contribution in [1.82, 2.24) is 10.2 Å². The van der Waals surface area contributed by atoms with Crippen LogP contribution in [0, 0.1) is 6.92 Å². The Morgan fingerprint density at radius 2 is 2.24 bits per heavy atom. The number of hydrogen-bond donors (Lipinski definition) is 1. The molecule has 2 aromatic rings. The fourth-order valence-electron chi connectivity index (χ4n) is 3.07. The molecule has 1 aliphatic heterocycles. The van der Waals surface area contributed by atoms with Crippen molar-refractivity contribution < 1.29 is 4.74 Å². The molecule has 3 rings (SSSR count). The number of aliphatic imine (C=N–C) groups is 1. The van der Waals surface area contributed by atoms with E-state index < -0.39 is 0 Å². The predicted octanol–water partition coefficient (Wildman–Crippen LogP) is 4.93. The Bertz CT molecular complexity index is 736. The van der Waals surface area contributed by atoms with Crippen molar-refractivity contribution in [1.29, 1.82) is 0 Å². The van der Waals surface area contributed by atoms with Gasteiger partial charge in [-0.3, -0.25) is 5.32 Å². The fraction of sp³-hybridized carbons (Fsp3) is 0.421. The number of thiophene rings is 1. The van der Waals surface area contributed by atoms with Gasteiger partial charge in [0.25, 0.3) is 0 Å². The second-order valence-corrected chi connectivity index (χ2v) is 7.57. The zero-order chi connectivity index (χ0) is 17.8. The third-order valence-corrected chi connectivity index (χ3v) is 5.36. The fourth-order valence-corrected chi connectivity index (χ4v) is 4.19. The third-order valence-electron chi connectivity index (χ3n) is 4.25. The summed E-state index contributed by atoms with van der Waals surface area (Å²) < 4.78 is 5.95. The molecule has 0 fully saturated rings. The summed E-state index contributed by atoms with van der Waals surface area (Å²) in [7, 11) is 2.02. The van der Waals surface area contributed by atoms with Crippen LogP contribution in [0.1, 0.15) is 36.2 Å². The van der Waals surface area contributed by atoms with Gasteiger partial charge in [0.05, 0.1) is 11.4 Å². The molecule has 0 saturated carbocycles. The molecule has 1 N–H and O–H groups in total. The van der Waals surface area contributed by atoms with Gasteiger partial charge in [0.2, 0.25) is 0 Å². The van der Waals surface area contributed by atoms with E-state index in [1.54, 1.807) is 11.3 Å². The number of aryl methyl sites for hydroxylation is 2. The molecular formula is C19H24ClN3OS. The summed E-state index contributed by atoms with van der Waals surface area (Å²) in [5.74, 6) is 0.790. The molecule has 6 heteroatoms. The summed E-state index contributed by atoms with van der Waals surface area (Å²) in [4.78, 5) is 6.51. The molecule has 0 saturated heterocycles. The highest BCUT2D eigenvalue weighted by atomic mass is 35.5. The highest BCUT2D eigenvalue weighted by Gasteiger charge is 2.22. The Kier molecular flexibility index (Phi) is 5.99. The molecule has 0 spiro atoms. The van der Waals surface area contributed by atoms with Crippen molar-refractivity contribution in [3.8, 4) is 5.75 Å². The molecule has 25 heavy (non-hydrogen) atoms. The normalized spacial score (nSPS) is 16.2. The molecule has 2 heterocycles. The molecule has 0 amide bonds. The van der Waals surface area contributed by atoms with Crippen LogP contribution in [0.15, 0.2) is 28.6 Å². The van der Waals surface area contributed by atoms with Gasteiger partial charge in [-0.15, -0.1) is 11.3 Å². The molecule has 1 aliphatic rings. The maximum atomic E-state index is 6.40. The first-order chi connectivity index (χ1) is 12.1. The second-order valence-electron chi connectivity index (χ2n) is 6.27. The molecule has 1 aromatic heterocycles. The first kappa shape index (κ1) is 18.2. The first-order valence-corrected chi connectivity index (χ1v) is 9.84. The lowest BCUT2D eigenvalue weighted by molar-refractivity contribution is 0.264. The van der Waals surface area contributed by atoms with Gasteiger partial charge in [0, 0.05) is 19.2 Å². The van der Waals surface area contributed by atoms with Crippen LogP contribution in [-0.4, -0.2) is 31.4 Å². The van der Waals surface area contributed by atoms with E-state index in [0.29, 0.717) is 11.6 Å². The highest BCUT2D eigenvalue weighted by molar-refractivity contribution is 7.14. The summed E-state index contributed by atoms with van der Waals surface area (Å²) in [5.41, 5.74) is 3.58. The van der Waals surface area contributed by atoms with Crippen molar-refractivity contribution in [3.05, 3.63) is 45.3 Å². The van der Waals surface area contributed by atoms with E-state index in [9.17, 15) is 0 Å². The highest BCUT2D eigenvalue weighted by Crippen LogP contribution is 2.35. The Morgan fingerprint density at radius 1 is 1.40 bits per heavy atom. The third kappa shape index (κ3) is 4.17. The molecule has 1 aromatic carbocycles. The zero-order valence-corrected chi connectivity index (χ0v) is 16.5. The van der Waals surface area contributed by atoms with Crippen LogP contribution in [-0.2, 0) is 6.42 Å². The topological polar surface area (TPSA) is 36.9 Å². The average Bonchev–Trinajstić information content (AvgIpc) is 3.04. The smallest absolute Gasteiger partial charge is 0.140 e. The van der Waals surface area contributed by atoms with Crippen LogP contribution in [0.2, 0.25) is 5.02 Å².